The van der Waals surface area contributed by atoms with Gasteiger partial charge in [-0.1, -0.05) is 37.1 Å². The molecule has 1 spiro atoms. The monoisotopic (exact) mass is 363 g/mol. The zero-order valence-corrected chi connectivity index (χ0v) is 15.7. The molecule has 0 amide bonds. The molecule has 1 saturated carbocycles. The van der Waals surface area contributed by atoms with Gasteiger partial charge in [-0.05, 0) is 48.2 Å². The zero-order chi connectivity index (χ0) is 18.3. The number of hydroxylamine groups is 1. The van der Waals surface area contributed by atoms with Gasteiger partial charge in [0.15, 0.2) is 11.5 Å². The summed E-state index contributed by atoms with van der Waals surface area (Å²) >= 11 is 0. The van der Waals surface area contributed by atoms with Crippen molar-refractivity contribution in [3.63, 3.8) is 0 Å². The molecule has 0 aromatic heterocycles. The number of fused-ring (bicyclic) bond motifs is 1. The lowest BCUT2D eigenvalue weighted by Gasteiger charge is -2.17. The van der Waals surface area contributed by atoms with Crippen LogP contribution in [0.5, 0.6) is 11.5 Å². The van der Waals surface area contributed by atoms with Crippen molar-refractivity contribution >= 4 is 5.70 Å². The maximum atomic E-state index is 6.38. The minimum Gasteiger partial charge on any atom is -0.493 e. The van der Waals surface area contributed by atoms with E-state index in [0.29, 0.717) is 0 Å². The molecule has 1 N–H and O–H groups in total. The van der Waals surface area contributed by atoms with Crippen LogP contribution in [0, 0.1) is 0 Å². The predicted octanol–water partition coefficient (Wildman–Crippen LogP) is 4.43. The third-order valence-electron chi connectivity index (χ3n) is 6.00. The molecule has 2 aromatic carbocycles. The fourth-order valence-corrected chi connectivity index (χ4v) is 4.56. The lowest BCUT2D eigenvalue weighted by atomic mass is 10.00. The van der Waals surface area contributed by atoms with Crippen molar-refractivity contribution in [2.24, 2.45) is 0 Å². The fraction of sp³-hybridized carbons (Fsp3) is 0.391. The first-order valence-electron chi connectivity index (χ1n) is 9.83. The van der Waals surface area contributed by atoms with Crippen molar-refractivity contribution in [3.8, 4) is 11.5 Å². The molecule has 0 radical (unpaired) electrons. The summed E-state index contributed by atoms with van der Waals surface area (Å²) < 4.78 is 11.9. The van der Waals surface area contributed by atoms with E-state index in [1.54, 1.807) is 7.11 Å². The van der Waals surface area contributed by atoms with E-state index in [9.17, 15) is 0 Å². The van der Waals surface area contributed by atoms with Gasteiger partial charge in [-0.3, -0.25) is 10.3 Å². The van der Waals surface area contributed by atoms with E-state index >= 15 is 0 Å². The van der Waals surface area contributed by atoms with Gasteiger partial charge in [-0.25, -0.2) is 0 Å². The molecule has 2 aromatic rings. The van der Waals surface area contributed by atoms with Crippen molar-refractivity contribution < 1.29 is 14.3 Å². The molecule has 3 aliphatic rings. The molecule has 140 valence electrons. The molecular weight excluding hydrogens is 338 g/mol. The molecule has 0 bridgehead atoms. The van der Waals surface area contributed by atoms with Gasteiger partial charge in [-0.2, -0.15) is 0 Å². The van der Waals surface area contributed by atoms with Gasteiger partial charge in [0, 0.05) is 18.4 Å². The highest BCUT2D eigenvalue weighted by atomic mass is 16.7. The Morgan fingerprint density at radius 2 is 1.74 bits per heavy atom. The number of methoxy groups -OCH3 is 1. The molecule has 4 heteroatoms. The van der Waals surface area contributed by atoms with Gasteiger partial charge in [0.25, 0.3) is 0 Å². The molecular formula is C23H25NO3. The fourth-order valence-electron chi connectivity index (χ4n) is 4.56. The van der Waals surface area contributed by atoms with E-state index in [0.717, 1.165) is 48.4 Å². The molecule has 1 fully saturated rings. The summed E-state index contributed by atoms with van der Waals surface area (Å²) in [5.74, 6) is 1.56. The van der Waals surface area contributed by atoms with Gasteiger partial charge in [0.2, 0.25) is 0 Å². The maximum Gasteiger partial charge on any atom is 0.162 e. The highest BCUT2D eigenvalue weighted by Crippen LogP contribution is 2.41. The Labute approximate surface area is 160 Å². The van der Waals surface area contributed by atoms with Crippen LogP contribution in [0.1, 0.15) is 42.4 Å². The maximum absolute atomic E-state index is 6.38. The lowest BCUT2D eigenvalue weighted by molar-refractivity contribution is -0.0289. The molecule has 2 aliphatic carbocycles. The first kappa shape index (κ1) is 16.7. The van der Waals surface area contributed by atoms with Crippen LogP contribution in [0.25, 0.3) is 5.70 Å². The summed E-state index contributed by atoms with van der Waals surface area (Å²) in [5.41, 5.74) is 7.89. The summed E-state index contributed by atoms with van der Waals surface area (Å²) in [5, 5.41) is 0. The number of ether oxygens (including phenoxy) is 2. The van der Waals surface area contributed by atoms with Crippen LogP contribution in [0.15, 0.2) is 48.5 Å². The van der Waals surface area contributed by atoms with Crippen LogP contribution in [-0.2, 0) is 17.7 Å². The normalized spacial score (nSPS) is 20.4. The second-order valence-corrected chi connectivity index (χ2v) is 7.82. The second-order valence-electron chi connectivity index (χ2n) is 7.82. The summed E-state index contributed by atoms with van der Waals surface area (Å²) in [7, 11) is 1.69. The Hall–Kier alpha value is -2.46. The second kappa shape index (κ2) is 6.61. The van der Waals surface area contributed by atoms with Crippen molar-refractivity contribution in [3.05, 3.63) is 65.2 Å². The van der Waals surface area contributed by atoms with E-state index < -0.39 is 0 Å². The number of hydrogen-bond donors (Lipinski definition) is 1. The average Bonchev–Trinajstić information content (AvgIpc) is 3.42. The van der Waals surface area contributed by atoms with Crippen LogP contribution in [-0.4, -0.2) is 18.8 Å². The molecule has 0 saturated heterocycles. The minimum absolute atomic E-state index is 0.122. The lowest BCUT2D eigenvalue weighted by Crippen LogP contribution is -2.25. The summed E-state index contributed by atoms with van der Waals surface area (Å²) in [6.07, 6.45) is 8.90. The third kappa shape index (κ3) is 3.08. The van der Waals surface area contributed by atoms with E-state index in [1.807, 2.05) is 6.07 Å². The number of hydrogen-bond acceptors (Lipinski definition) is 4. The van der Waals surface area contributed by atoms with Crippen molar-refractivity contribution in [1.29, 1.82) is 0 Å². The van der Waals surface area contributed by atoms with Crippen molar-refractivity contribution in [2.75, 3.05) is 7.11 Å². The molecule has 27 heavy (non-hydrogen) atoms. The SMILES string of the molecule is COc1ccc(C2=CC3(CCCC3)ON2)cc1OC1Cc2ccccc2C1. The van der Waals surface area contributed by atoms with Crippen LogP contribution < -0.4 is 15.0 Å². The average molecular weight is 363 g/mol. The van der Waals surface area contributed by atoms with Crippen LogP contribution in [0.3, 0.4) is 0 Å². The Kier molecular flexibility index (Phi) is 4.09. The molecule has 4 nitrogen and oxygen atoms in total. The van der Waals surface area contributed by atoms with Crippen molar-refractivity contribution in [2.45, 2.75) is 50.2 Å². The van der Waals surface area contributed by atoms with Gasteiger partial charge < -0.3 is 9.47 Å². The summed E-state index contributed by atoms with van der Waals surface area (Å²) in [4.78, 5) is 5.93. The summed E-state index contributed by atoms with van der Waals surface area (Å²) in [6.45, 7) is 0. The molecule has 1 heterocycles. The molecule has 0 atom stereocenters. The van der Waals surface area contributed by atoms with E-state index in [2.05, 4.69) is 48.0 Å². The highest BCUT2D eigenvalue weighted by molar-refractivity contribution is 5.68. The summed E-state index contributed by atoms with van der Waals surface area (Å²) in [6, 6.07) is 14.7. The van der Waals surface area contributed by atoms with Gasteiger partial charge in [0.1, 0.15) is 11.7 Å². The molecule has 1 aliphatic heterocycles. The minimum atomic E-state index is -0.122. The Morgan fingerprint density at radius 1 is 1.00 bits per heavy atom. The third-order valence-corrected chi connectivity index (χ3v) is 6.00. The Bertz CT molecular complexity index is 858. The van der Waals surface area contributed by atoms with Gasteiger partial charge >= 0.3 is 0 Å². The Balaban J connectivity index is 1.39. The van der Waals surface area contributed by atoms with Crippen LogP contribution >= 0.6 is 0 Å². The van der Waals surface area contributed by atoms with E-state index in [-0.39, 0.29) is 11.7 Å². The van der Waals surface area contributed by atoms with Gasteiger partial charge in [-0.15, -0.1) is 0 Å². The van der Waals surface area contributed by atoms with Crippen LogP contribution in [0.4, 0.5) is 0 Å². The smallest absolute Gasteiger partial charge is 0.162 e. The van der Waals surface area contributed by atoms with Crippen LogP contribution in [0.2, 0.25) is 0 Å². The van der Waals surface area contributed by atoms with E-state index in [1.165, 1.54) is 24.0 Å². The van der Waals surface area contributed by atoms with Gasteiger partial charge in [0.05, 0.1) is 12.8 Å². The quantitative estimate of drug-likeness (QED) is 0.872. The standard InChI is InChI=1S/C23H25NO3/c1-25-21-9-8-18(20-15-23(27-24-20)10-4-5-11-23)14-22(21)26-19-12-16-6-2-3-7-17(16)13-19/h2-3,6-9,14-15,19,24H,4-5,10-13H2,1H3. The first-order valence-corrected chi connectivity index (χ1v) is 9.83. The zero-order valence-electron chi connectivity index (χ0n) is 15.7. The number of benzene rings is 2. The molecule has 0 unspecified atom stereocenters. The number of rotatable bonds is 4. The molecule has 5 rings (SSSR count). The first-order chi connectivity index (χ1) is 13.2. The predicted molar refractivity (Wildman–Crippen MR) is 105 cm³/mol. The highest BCUT2D eigenvalue weighted by Gasteiger charge is 2.38. The Morgan fingerprint density at radius 3 is 2.44 bits per heavy atom. The number of nitrogens with one attached hydrogen (secondary N) is 1. The largest absolute Gasteiger partial charge is 0.493 e. The van der Waals surface area contributed by atoms with Crippen molar-refractivity contribution in [1.82, 2.24) is 5.48 Å². The van der Waals surface area contributed by atoms with E-state index in [4.69, 9.17) is 14.3 Å². The topological polar surface area (TPSA) is 39.7 Å².